The number of nitrogens with two attached hydrogens (primary N) is 1. The first-order valence-electron chi connectivity index (χ1n) is 6.36. The van der Waals surface area contributed by atoms with Gasteiger partial charge in [0.05, 0.1) is 0 Å². The highest BCUT2D eigenvalue weighted by Gasteiger charge is 2.30. The Morgan fingerprint density at radius 3 is 2.89 bits per heavy atom. The van der Waals surface area contributed by atoms with Crippen molar-refractivity contribution in [1.82, 2.24) is 14.8 Å². The van der Waals surface area contributed by atoms with Gasteiger partial charge in [-0.25, -0.2) is 10.8 Å². The van der Waals surface area contributed by atoms with E-state index in [0.717, 1.165) is 32.0 Å². The van der Waals surface area contributed by atoms with Crippen molar-refractivity contribution in [2.75, 3.05) is 32.1 Å². The molecule has 1 saturated heterocycles. The van der Waals surface area contributed by atoms with Crippen LogP contribution in [0.1, 0.15) is 19.4 Å². The van der Waals surface area contributed by atoms with Crippen molar-refractivity contribution < 1.29 is 0 Å². The summed E-state index contributed by atoms with van der Waals surface area (Å²) in [7, 11) is 2.19. The number of nitrogens with one attached hydrogen (secondary N) is 1. The molecule has 0 spiro atoms. The van der Waals surface area contributed by atoms with Gasteiger partial charge in [0.15, 0.2) is 0 Å². The van der Waals surface area contributed by atoms with E-state index < -0.39 is 0 Å². The van der Waals surface area contributed by atoms with E-state index >= 15 is 0 Å². The number of nitrogens with zero attached hydrogens (tertiary/aromatic N) is 3. The molecule has 5 heteroatoms. The third-order valence-electron chi connectivity index (χ3n) is 3.77. The SMILES string of the molecule is CN1CCN(Cc2ccnc(NN)c2)CC1(C)C. The fraction of sp³-hybridized carbons (Fsp3) is 0.615. The summed E-state index contributed by atoms with van der Waals surface area (Å²) in [5.74, 6) is 6.10. The summed E-state index contributed by atoms with van der Waals surface area (Å²) >= 11 is 0. The molecule has 18 heavy (non-hydrogen) atoms. The first kappa shape index (κ1) is 13.3. The van der Waals surface area contributed by atoms with Crippen molar-refractivity contribution in [3.63, 3.8) is 0 Å². The summed E-state index contributed by atoms with van der Waals surface area (Å²) in [6, 6.07) is 4.05. The molecule has 0 radical (unpaired) electrons. The van der Waals surface area contributed by atoms with Gasteiger partial charge in [-0.3, -0.25) is 9.80 Å². The van der Waals surface area contributed by atoms with Gasteiger partial charge >= 0.3 is 0 Å². The number of hydrogen-bond donors (Lipinski definition) is 2. The summed E-state index contributed by atoms with van der Waals surface area (Å²) in [4.78, 5) is 9.03. The molecule has 2 heterocycles. The summed E-state index contributed by atoms with van der Waals surface area (Å²) in [6.07, 6.45) is 1.80. The normalized spacial score (nSPS) is 20.9. The van der Waals surface area contributed by atoms with Crippen LogP contribution in [-0.4, -0.2) is 47.0 Å². The van der Waals surface area contributed by atoms with E-state index in [9.17, 15) is 0 Å². The topological polar surface area (TPSA) is 57.4 Å². The highest BCUT2D eigenvalue weighted by molar-refractivity contribution is 5.35. The molecule has 1 aliphatic heterocycles. The average molecular weight is 249 g/mol. The Morgan fingerprint density at radius 1 is 1.44 bits per heavy atom. The number of nitrogen functional groups attached to an aromatic ring is 1. The van der Waals surface area contributed by atoms with Crippen molar-refractivity contribution in [3.05, 3.63) is 23.9 Å². The fourth-order valence-corrected chi connectivity index (χ4v) is 2.39. The van der Waals surface area contributed by atoms with Crippen LogP contribution in [0.25, 0.3) is 0 Å². The van der Waals surface area contributed by atoms with Crippen LogP contribution < -0.4 is 11.3 Å². The molecule has 100 valence electrons. The number of pyridine rings is 1. The zero-order chi connectivity index (χ0) is 13.2. The maximum atomic E-state index is 5.38. The highest BCUT2D eigenvalue weighted by Crippen LogP contribution is 2.20. The molecule has 5 nitrogen and oxygen atoms in total. The zero-order valence-electron chi connectivity index (χ0n) is 11.5. The summed E-state index contributed by atoms with van der Waals surface area (Å²) in [6.45, 7) is 8.83. The molecule has 0 bridgehead atoms. The number of rotatable bonds is 3. The Bertz CT molecular complexity index is 404. The average Bonchev–Trinajstić information content (AvgIpc) is 2.34. The predicted octanol–water partition coefficient (Wildman–Crippen LogP) is 0.893. The Balaban J connectivity index is 2.01. The largest absolute Gasteiger partial charge is 0.308 e. The van der Waals surface area contributed by atoms with Crippen molar-refractivity contribution in [2.45, 2.75) is 25.9 Å². The van der Waals surface area contributed by atoms with Crippen LogP contribution in [0, 0.1) is 0 Å². The molecule has 2 rings (SSSR count). The van der Waals surface area contributed by atoms with E-state index in [1.54, 1.807) is 6.20 Å². The quantitative estimate of drug-likeness (QED) is 0.615. The fourth-order valence-electron chi connectivity index (χ4n) is 2.39. The molecule has 1 aromatic heterocycles. The van der Waals surface area contributed by atoms with Crippen LogP contribution >= 0.6 is 0 Å². The van der Waals surface area contributed by atoms with Gasteiger partial charge in [-0.05, 0) is 38.6 Å². The lowest BCUT2D eigenvalue weighted by molar-refractivity contribution is 0.0360. The second-order valence-electron chi connectivity index (χ2n) is 5.64. The van der Waals surface area contributed by atoms with Crippen LogP contribution in [0.4, 0.5) is 5.82 Å². The minimum atomic E-state index is 0.236. The van der Waals surface area contributed by atoms with E-state index in [-0.39, 0.29) is 5.54 Å². The van der Waals surface area contributed by atoms with Crippen LogP contribution in [0.15, 0.2) is 18.3 Å². The summed E-state index contributed by atoms with van der Waals surface area (Å²) < 4.78 is 0. The molecule has 3 N–H and O–H groups in total. The Labute approximate surface area is 109 Å². The molecule has 0 aromatic carbocycles. The van der Waals surface area contributed by atoms with Gasteiger partial charge < -0.3 is 5.43 Å². The molecule has 0 amide bonds. The van der Waals surface area contributed by atoms with Crippen molar-refractivity contribution in [3.8, 4) is 0 Å². The van der Waals surface area contributed by atoms with E-state index in [0.29, 0.717) is 0 Å². The van der Waals surface area contributed by atoms with E-state index in [1.807, 2.05) is 12.1 Å². The van der Waals surface area contributed by atoms with E-state index in [4.69, 9.17) is 5.84 Å². The summed E-state index contributed by atoms with van der Waals surface area (Å²) in [5, 5.41) is 0. The lowest BCUT2D eigenvalue weighted by Gasteiger charge is -2.45. The third kappa shape index (κ3) is 2.98. The van der Waals surface area contributed by atoms with Gasteiger partial charge in [0.2, 0.25) is 0 Å². The van der Waals surface area contributed by atoms with Gasteiger partial charge in [-0.1, -0.05) is 0 Å². The first-order chi connectivity index (χ1) is 8.51. The molecule has 1 fully saturated rings. The molecule has 0 aliphatic carbocycles. The minimum Gasteiger partial charge on any atom is -0.308 e. The maximum Gasteiger partial charge on any atom is 0.140 e. The summed E-state index contributed by atoms with van der Waals surface area (Å²) in [5.41, 5.74) is 4.07. The lowest BCUT2D eigenvalue weighted by atomic mass is 9.99. The molecule has 0 saturated carbocycles. The van der Waals surface area contributed by atoms with E-state index in [1.165, 1.54) is 5.56 Å². The first-order valence-corrected chi connectivity index (χ1v) is 6.36. The van der Waals surface area contributed by atoms with Gasteiger partial charge in [0.25, 0.3) is 0 Å². The number of anilines is 1. The number of likely N-dealkylation sites (N-methyl/N-ethyl adjacent to an activating group) is 1. The van der Waals surface area contributed by atoms with E-state index in [2.05, 4.69) is 41.1 Å². The highest BCUT2D eigenvalue weighted by atomic mass is 15.3. The molecule has 1 aliphatic rings. The van der Waals surface area contributed by atoms with Gasteiger partial charge in [0.1, 0.15) is 5.82 Å². The van der Waals surface area contributed by atoms with Crippen LogP contribution in [0.5, 0.6) is 0 Å². The van der Waals surface area contributed by atoms with Crippen LogP contribution in [0.3, 0.4) is 0 Å². The number of aromatic nitrogens is 1. The number of hydrogen-bond acceptors (Lipinski definition) is 5. The standard InChI is InChI=1S/C13H23N5/c1-13(2)10-18(7-6-17(13)3)9-11-4-5-15-12(8-11)16-14/h4-5,8H,6-7,9-10,14H2,1-3H3,(H,15,16). The van der Waals surface area contributed by atoms with Crippen molar-refractivity contribution in [2.24, 2.45) is 5.84 Å². The molecular formula is C13H23N5. The molecular weight excluding hydrogens is 226 g/mol. The Morgan fingerprint density at radius 2 is 2.22 bits per heavy atom. The minimum absolute atomic E-state index is 0.236. The molecule has 0 unspecified atom stereocenters. The number of hydrazine groups is 1. The van der Waals surface area contributed by atoms with Gasteiger partial charge in [0, 0.05) is 37.9 Å². The van der Waals surface area contributed by atoms with Gasteiger partial charge in [-0.15, -0.1) is 0 Å². The number of piperazine rings is 1. The smallest absolute Gasteiger partial charge is 0.140 e. The molecule has 1 aromatic rings. The van der Waals surface area contributed by atoms with Crippen LogP contribution in [0.2, 0.25) is 0 Å². The lowest BCUT2D eigenvalue weighted by Crippen LogP contribution is -2.57. The Hall–Kier alpha value is -1.17. The van der Waals surface area contributed by atoms with Crippen LogP contribution in [-0.2, 0) is 6.54 Å². The zero-order valence-corrected chi connectivity index (χ0v) is 11.5. The molecule has 0 atom stereocenters. The second-order valence-corrected chi connectivity index (χ2v) is 5.64. The maximum absolute atomic E-state index is 5.38. The van der Waals surface area contributed by atoms with Crippen molar-refractivity contribution >= 4 is 5.82 Å². The van der Waals surface area contributed by atoms with Crippen molar-refractivity contribution in [1.29, 1.82) is 0 Å². The monoisotopic (exact) mass is 249 g/mol. The van der Waals surface area contributed by atoms with Gasteiger partial charge in [-0.2, -0.15) is 0 Å². The predicted molar refractivity (Wildman–Crippen MR) is 74.0 cm³/mol. The second kappa shape index (κ2) is 5.22. The third-order valence-corrected chi connectivity index (χ3v) is 3.77. The Kier molecular flexibility index (Phi) is 3.85.